The minimum atomic E-state index is -0.00373. The van der Waals surface area contributed by atoms with Crippen LogP contribution < -0.4 is 9.47 Å². The molecule has 0 heterocycles. The Bertz CT molecular complexity index is 667. The van der Waals surface area contributed by atoms with E-state index in [9.17, 15) is 4.79 Å². The van der Waals surface area contributed by atoms with E-state index in [0.717, 1.165) is 22.4 Å². The maximum atomic E-state index is 12.6. The van der Waals surface area contributed by atoms with Gasteiger partial charge in [-0.2, -0.15) is 0 Å². The number of hydrogen-bond acceptors (Lipinski definition) is 3. The van der Waals surface area contributed by atoms with Gasteiger partial charge in [-0.3, -0.25) is 4.79 Å². The van der Waals surface area contributed by atoms with Gasteiger partial charge in [0.25, 0.3) is 5.91 Å². The SMILES string of the molecule is COc1ccc(CN(C)C(=O)c2ccccc2C)c(OC)c1. The Hall–Kier alpha value is -2.49. The monoisotopic (exact) mass is 299 g/mol. The average molecular weight is 299 g/mol. The van der Waals surface area contributed by atoms with Crippen LogP contribution >= 0.6 is 0 Å². The standard InChI is InChI=1S/C18H21NO3/c1-13-7-5-6-8-16(13)18(20)19(2)12-14-9-10-15(21-3)11-17(14)22-4/h5-11H,12H2,1-4H3. The van der Waals surface area contributed by atoms with E-state index in [2.05, 4.69) is 0 Å². The molecule has 0 N–H and O–H groups in total. The highest BCUT2D eigenvalue weighted by molar-refractivity contribution is 5.95. The summed E-state index contributed by atoms with van der Waals surface area (Å²) in [5.74, 6) is 1.44. The van der Waals surface area contributed by atoms with E-state index < -0.39 is 0 Å². The Morgan fingerprint density at radius 2 is 1.82 bits per heavy atom. The summed E-state index contributed by atoms with van der Waals surface area (Å²) in [4.78, 5) is 14.2. The number of benzene rings is 2. The highest BCUT2D eigenvalue weighted by Crippen LogP contribution is 2.26. The summed E-state index contributed by atoms with van der Waals surface area (Å²) >= 11 is 0. The van der Waals surface area contributed by atoms with Crippen molar-refractivity contribution in [3.8, 4) is 11.5 Å². The van der Waals surface area contributed by atoms with E-state index >= 15 is 0 Å². The summed E-state index contributed by atoms with van der Waals surface area (Å²) in [5, 5.41) is 0. The first-order valence-corrected chi connectivity index (χ1v) is 7.08. The second-order valence-electron chi connectivity index (χ2n) is 5.15. The van der Waals surface area contributed by atoms with Crippen LogP contribution in [0.1, 0.15) is 21.5 Å². The van der Waals surface area contributed by atoms with Crippen molar-refractivity contribution < 1.29 is 14.3 Å². The van der Waals surface area contributed by atoms with Crippen LogP contribution in [0.4, 0.5) is 0 Å². The Morgan fingerprint density at radius 1 is 1.09 bits per heavy atom. The molecule has 0 fully saturated rings. The number of ether oxygens (including phenoxy) is 2. The number of rotatable bonds is 5. The molecule has 2 aromatic rings. The number of aryl methyl sites for hydroxylation is 1. The van der Waals surface area contributed by atoms with Crippen molar-refractivity contribution in [2.45, 2.75) is 13.5 Å². The fraction of sp³-hybridized carbons (Fsp3) is 0.278. The van der Waals surface area contributed by atoms with Gasteiger partial charge >= 0.3 is 0 Å². The third-order valence-electron chi connectivity index (χ3n) is 3.62. The maximum Gasteiger partial charge on any atom is 0.254 e. The summed E-state index contributed by atoms with van der Waals surface area (Å²) in [7, 11) is 5.02. The second kappa shape index (κ2) is 6.98. The van der Waals surface area contributed by atoms with Gasteiger partial charge in [0.2, 0.25) is 0 Å². The summed E-state index contributed by atoms with van der Waals surface area (Å²) in [6.45, 7) is 2.41. The minimum Gasteiger partial charge on any atom is -0.497 e. The number of nitrogens with zero attached hydrogens (tertiary/aromatic N) is 1. The molecule has 4 nitrogen and oxygen atoms in total. The van der Waals surface area contributed by atoms with Crippen molar-refractivity contribution in [1.82, 2.24) is 4.90 Å². The zero-order chi connectivity index (χ0) is 16.1. The normalized spacial score (nSPS) is 10.2. The Kier molecular flexibility index (Phi) is 5.04. The summed E-state index contributed by atoms with van der Waals surface area (Å²) in [6, 6.07) is 13.2. The minimum absolute atomic E-state index is 0.00373. The van der Waals surface area contributed by atoms with Crippen LogP contribution in [0.15, 0.2) is 42.5 Å². The largest absolute Gasteiger partial charge is 0.497 e. The first-order valence-electron chi connectivity index (χ1n) is 7.08. The van der Waals surface area contributed by atoms with Gasteiger partial charge in [-0.05, 0) is 30.7 Å². The molecule has 2 rings (SSSR count). The molecule has 116 valence electrons. The highest BCUT2D eigenvalue weighted by atomic mass is 16.5. The molecule has 0 spiro atoms. The third-order valence-corrected chi connectivity index (χ3v) is 3.62. The molecule has 0 aromatic heterocycles. The first-order chi connectivity index (χ1) is 10.6. The van der Waals surface area contributed by atoms with E-state index in [0.29, 0.717) is 12.3 Å². The number of methoxy groups -OCH3 is 2. The van der Waals surface area contributed by atoms with Gasteiger partial charge in [0.15, 0.2) is 0 Å². The van der Waals surface area contributed by atoms with Gasteiger partial charge in [-0.1, -0.05) is 18.2 Å². The number of hydrogen-bond donors (Lipinski definition) is 0. The predicted octanol–water partition coefficient (Wildman–Crippen LogP) is 3.28. The van der Waals surface area contributed by atoms with Gasteiger partial charge < -0.3 is 14.4 Å². The van der Waals surface area contributed by atoms with Crippen molar-refractivity contribution >= 4 is 5.91 Å². The summed E-state index contributed by atoms with van der Waals surface area (Å²) in [6.07, 6.45) is 0. The molecule has 0 saturated heterocycles. The Morgan fingerprint density at radius 3 is 2.45 bits per heavy atom. The second-order valence-corrected chi connectivity index (χ2v) is 5.15. The fourth-order valence-electron chi connectivity index (χ4n) is 2.33. The molecule has 0 atom stereocenters. The third kappa shape index (κ3) is 3.39. The topological polar surface area (TPSA) is 38.8 Å². The lowest BCUT2D eigenvalue weighted by Gasteiger charge is -2.20. The van der Waals surface area contributed by atoms with Crippen LogP contribution in [0, 0.1) is 6.92 Å². The molecule has 1 amide bonds. The molecule has 22 heavy (non-hydrogen) atoms. The molecular weight excluding hydrogens is 278 g/mol. The van der Waals surface area contributed by atoms with Crippen molar-refractivity contribution in [3.63, 3.8) is 0 Å². The zero-order valence-electron chi connectivity index (χ0n) is 13.4. The van der Waals surface area contributed by atoms with Crippen LogP contribution in [0.5, 0.6) is 11.5 Å². The van der Waals surface area contributed by atoms with Crippen LogP contribution in [0.3, 0.4) is 0 Å². The lowest BCUT2D eigenvalue weighted by atomic mass is 10.1. The molecule has 0 aliphatic rings. The Labute approximate surface area is 131 Å². The smallest absolute Gasteiger partial charge is 0.254 e. The van der Waals surface area contributed by atoms with Crippen LogP contribution in [-0.2, 0) is 6.54 Å². The van der Waals surface area contributed by atoms with Crippen molar-refractivity contribution in [2.75, 3.05) is 21.3 Å². The van der Waals surface area contributed by atoms with Gasteiger partial charge in [0, 0.05) is 30.8 Å². The summed E-state index contributed by atoms with van der Waals surface area (Å²) < 4.78 is 10.6. The van der Waals surface area contributed by atoms with E-state index in [4.69, 9.17) is 9.47 Å². The van der Waals surface area contributed by atoms with Gasteiger partial charge in [-0.25, -0.2) is 0 Å². The lowest BCUT2D eigenvalue weighted by molar-refractivity contribution is 0.0783. The molecule has 2 aromatic carbocycles. The predicted molar refractivity (Wildman–Crippen MR) is 86.5 cm³/mol. The zero-order valence-corrected chi connectivity index (χ0v) is 13.4. The molecule has 0 aliphatic heterocycles. The molecule has 0 aliphatic carbocycles. The lowest BCUT2D eigenvalue weighted by Crippen LogP contribution is -2.27. The first kappa shape index (κ1) is 15.9. The van der Waals surface area contributed by atoms with Crippen molar-refractivity contribution in [2.24, 2.45) is 0 Å². The molecule has 0 unspecified atom stereocenters. The molecule has 0 saturated carbocycles. The number of carbonyl (C=O) groups is 1. The number of carbonyl (C=O) groups excluding carboxylic acids is 1. The molecule has 0 radical (unpaired) electrons. The molecule has 4 heteroatoms. The van der Waals surface area contributed by atoms with Gasteiger partial charge in [0.05, 0.1) is 14.2 Å². The highest BCUT2D eigenvalue weighted by Gasteiger charge is 2.16. The molecule has 0 bridgehead atoms. The van der Waals surface area contributed by atoms with Crippen molar-refractivity contribution in [1.29, 1.82) is 0 Å². The van der Waals surface area contributed by atoms with E-state index in [1.165, 1.54) is 0 Å². The van der Waals surface area contributed by atoms with Gasteiger partial charge in [0.1, 0.15) is 11.5 Å². The van der Waals surface area contributed by atoms with Crippen molar-refractivity contribution in [3.05, 3.63) is 59.2 Å². The maximum absolute atomic E-state index is 12.6. The quantitative estimate of drug-likeness (QED) is 0.850. The fourth-order valence-corrected chi connectivity index (χ4v) is 2.33. The van der Waals surface area contributed by atoms with Crippen LogP contribution in [0.25, 0.3) is 0 Å². The molecular formula is C18H21NO3. The summed E-state index contributed by atoms with van der Waals surface area (Å²) in [5.41, 5.74) is 2.63. The Balaban J connectivity index is 2.20. The van der Waals surface area contributed by atoms with Gasteiger partial charge in [-0.15, -0.1) is 0 Å². The number of amides is 1. The average Bonchev–Trinajstić information content (AvgIpc) is 2.55. The van der Waals surface area contributed by atoms with E-state index in [-0.39, 0.29) is 5.91 Å². The van der Waals surface area contributed by atoms with Crippen LogP contribution in [0.2, 0.25) is 0 Å². The van der Waals surface area contributed by atoms with E-state index in [1.807, 2.05) is 49.4 Å². The van der Waals surface area contributed by atoms with Crippen LogP contribution in [-0.4, -0.2) is 32.1 Å². The van der Waals surface area contributed by atoms with E-state index in [1.54, 1.807) is 26.2 Å².